The van der Waals surface area contributed by atoms with E-state index in [0.717, 1.165) is 12.0 Å². The maximum absolute atomic E-state index is 11.3. The second-order valence-electron chi connectivity index (χ2n) is 4.90. The van der Waals surface area contributed by atoms with Gasteiger partial charge in [-0.05, 0) is 23.1 Å². The quantitative estimate of drug-likeness (QED) is 0.791. The van der Waals surface area contributed by atoms with Crippen molar-refractivity contribution in [3.63, 3.8) is 0 Å². The van der Waals surface area contributed by atoms with Gasteiger partial charge in [-0.1, -0.05) is 20.8 Å². The fourth-order valence-electron chi connectivity index (χ4n) is 1.56. The van der Waals surface area contributed by atoms with Gasteiger partial charge in [-0.3, -0.25) is 4.55 Å². The van der Waals surface area contributed by atoms with Crippen LogP contribution in [0.1, 0.15) is 26.3 Å². The van der Waals surface area contributed by atoms with E-state index in [1.807, 2.05) is 20.8 Å². The van der Waals surface area contributed by atoms with Crippen LogP contribution in [0.5, 0.6) is 0 Å². The van der Waals surface area contributed by atoms with Crippen LogP contribution in [-0.4, -0.2) is 18.0 Å². The van der Waals surface area contributed by atoms with Crippen LogP contribution in [0.2, 0.25) is 0 Å². The summed E-state index contributed by atoms with van der Waals surface area (Å²) in [6, 6.07) is 3.18. The molecule has 0 aliphatic rings. The van der Waals surface area contributed by atoms with Crippen LogP contribution < -0.4 is 0 Å². The van der Waals surface area contributed by atoms with Gasteiger partial charge in [0.05, 0.1) is 0 Å². The first kappa shape index (κ1) is 12.1. The molecule has 0 unspecified atom stereocenters. The molecule has 1 heterocycles. The van der Waals surface area contributed by atoms with E-state index in [0.29, 0.717) is 5.52 Å². The second-order valence-corrected chi connectivity index (χ2v) is 6.29. The van der Waals surface area contributed by atoms with Gasteiger partial charge in [-0.2, -0.15) is 8.42 Å². The average Bonchev–Trinajstić information content (AvgIpc) is 2.59. The van der Waals surface area contributed by atoms with E-state index >= 15 is 0 Å². The largest absolute Gasteiger partial charge is 0.442 e. The summed E-state index contributed by atoms with van der Waals surface area (Å²) in [5.74, 6) is 0. The molecule has 0 aliphatic carbocycles. The molecule has 0 radical (unpaired) electrons. The molecule has 0 atom stereocenters. The molecule has 17 heavy (non-hydrogen) atoms. The summed E-state index contributed by atoms with van der Waals surface area (Å²) < 4.78 is 36.8. The van der Waals surface area contributed by atoms with E-state index in [-0.39, 0.29) is 15.9 Å². The standard InChI is InChI=1S/C11H13NO4S/c1-11(2,3)7-4-8-10(16-6-12-8)9(5-7)17(13,14)15/h4-6H,1-3H3,(H,13,14,15). The lowest BCUT2D eigenvalue weighted by Crippen LogP contribution is -2.12. The number of oxazole rings is 1. The van der Waals surface area contributed by atoms with Gasteiger partial charge in [0.2, 0.25) is 0 Å². The normalized spacial score (nSPS) is 13.2. The van der Waals surface area contributed by atoms with Crippen LogP contribution in [0, 0.1) is 0 Å². The van der Waals surface area contributed by atoms with Crippen molar-refractivity contribution in [2.24, 2.45) is 0 Å². The SMILES string of the molecule is CC(C)(C)c1cc(S(=O)(=O)O)c2ocnc2c1. The summed E-state index contributed by atoms with van der Waals surface area (Å²) in [5, 5.41) is 0. The van der Waals surface area contributed by atoms with E-state index in [4.69, 9.17) is 4.42 Å². The van der Waals surface area contributed by atoms with Crippen molar-refractivity contribution in [3.05, 3.63) is 24.1 Å². The molecule has 0 aliphatic heterocycles. The summed E-state index contributed by atoms with van der Waals surface area (Å²) >= 11 is 0. The fraction of sp³-hybridized carbons (Fsp3) is 0.364. The lowest BCUT2D eigenvalue weighted by molar-refractivity contribution is 0.480. The molecule has 6 heteroatoms. The van der Waals surface area contributed by atoms with Crippen LogP contribution in [0.4, 0.5) is 0 Å². The zero-order valence-electron chi connectivity index (χ0n) is 9.76. The number of rotatable bonds is 1. The third kappa shape index (κ3) is 2.18. The minimum absolute atomic E-state index is 0.0838. The third-order valence-electron chi connectivity index (χ3n) is 2.54. The highest BCUT2D eigenvalue weighted by atomic mass is 32.2. The molecule has 0 fully saturated rings. The Bertz CT molecular complexity index is 664. The average molecular weight is 255 g/mol. The molecule has 0 saturated carbocycles. The highest BCUT2D eigenvalue weighted by Crippen LogP contribution is 2.30. The molecule has 1 aromatic carbocycles. The molecule has 92 valence electrons. The Morgan fingerprint density at radius 2 is 1.94 bits per heavy atom. The molecule has 5 nitrogen and oxygen atoms in total. The van der Waals surface area contributed by atoms with Crippen molar-refractivity contribution < 1.29 is 17.4 Å². The monoisotopic (exact) mass is 255 g/mol. The van der Waals surface area contributed by atoms with Gasteiger partial charge in [-0.25, -0.2) is 4.98 Å². The van der Waals surface area contributed by atoms with Crippen molar-refractivity contribution in [3.8, 4) is 0 Å². The Labute approximate surface area is 99.2 Å². The zero-order valence-corrected chi connectivity index (χ0v) is 10.6. The number of nitrogens with zero attached hydrogens (tertiary/aromatic N) is 1. The van der Waals surface area contributed by atoms with Crippen molar-refractivity contribution in [2.75, 3.05) is 0 Å². The molecule has 0 amide bonds. The number of aromatic nitrogens is 1. The first-order chi connectivity index (χ1) is 7.69. The highest BCUT2D eigenvalue weighted by molar-refractivity contribution is 7.86. The van der Waals surface area contributed by atoms with E-state index < -0.39 is 10.1 Å². The van der Waals surface area contributed by atoms with Crippen LogP contribution in [0.3, 0.4) is 0 Å². The Balaban J connectivity index is 2.86. The summed E-state index contributed by atoms with van der Waals surface area (Å²) in [5.41, 5.74) is 1.03. The van der Waals surface area contributed by atoms with Gasteiger partial charge >= 0.3 is 0 Å². The smallest absolute Gasteiger partial charge is 0.298 e. The van der Waals surface area contributed by atoms with Crippen LogP contribution >= 0.6 is 0 Å². The topological polar surface area (TPSA) is 80.4 Å². The van der Waals surface area contributed by atoms with Gasteiger partial charge < -0.3 is 4.42 Å². The summed E-state index contributed by atoms with van der Waals surface area (Å²) in [6.45, 7) is 5.84. The summed E-state index contributed by atoms with van der Waals surface area (Å²) in [4.78, 5) is 3.69. The fourth-order valence-corrected chi connectivity index (χ4v) is 2.23. The lowest BCUT2D eigenvalue weighted by Gasteiger charge is -2.19. The summed E-state index contributed by atoms with van der Waals surface area (Å²) in [6.07, 6.45) is 1.16. The number of benzene rings is 1. The van der Waals surface area contributed by atoms with Crippen LogP contribution in [-0.2, 0) is 15.5 Å². The molecule has 0 spiro atoms. The minimum Gasteiger partial charge on any atom is -0.442 e. The van der Waals surface area contributed by atoms with Crippen molar-refractivity contribution in [1.29, 1.82) is 0 Å². The molecular formula is C11H13NO4S. The summed E-state index contributed by atoms with van der Waals surface area (Å²) in [7, 11) is -4.32. The number of fused-ring (bicyclic) bond motifs is 1. The molecule has 2 aromatic rings. The predicted octanol–water partition coefficient (Wildman–Crippen LogP) is 2.37. The van der Waals surface area contributed by atoms with Gasteiger partial charge in [0.25, 0.3) is 10.1 Å². The number of hydrogen-bond acceptors (Lipinski definition) is 4. The van der Waals surface area contributed by atoms with E-state index in [1.54, 1.807) is 6.07 Å². The second kappa shape index (κ2) is 3.54. The van der Waals surface area contributed by atoms with E-state index in [9.17, 15) is 13.0 Å². The number of hydrogen-bond donors (Lipinski definition) is 1. The van der Waals surface area contributed by atoms with Crippen LogP contribution in [0.15, 0.2) is 27.8 Å². The third-order valence-corrected chi connectivity index (χ3v) is 3.40. The molecule has 1 N–H and O–H groups in total. The maximum atomic E-state index is 11.3. The molecule has 1 aromatic heterocycles. The van der Waals surface area contributed by atoms with Gasteiger partial charge in [-0.15, -0.1) is 0 Å². The van der Waals surface area contributed by atoms with Gasteiger partial charge in [0.15, 0.2) is 12.0 Å². The molecular weight excluding hydrogens is 242 g/mol. The Morgan fingerprint density at radius 3 is 2.47 bits per heavy atom. The molecule has 0 bridgehead atoms. The minimum atomic E-state index is -4.32. The van der Waals surface area contributed by atoms with Gasteiger partial charge in [0.1, 0.15) is 10.4 Å². The zero-order chi connectivity index (χ0) is 12.8. The van der Waals surface area contributed by atoms with Crippen molar-refractivity contribution >= 4 is 21.2 Å². The van der Waals surface area contributed by atoms with E-state index in [1.165, 1.54) is 6.07 Å². The predicted molar refractivity (Wildman–Crippen MR) is 62.5 cm³/mol. The maximum Gasteiger partial charge on any atom is 0.298 e. The van der Waals surface area contributed by atoms with Crippen LogP contribution in [0.25, 0.3) is 11.1 Å². The lowest BCUT2D eigenvalue weighted by atomic mass is 9.87. The Morgan fingerprint density at radius 1 is 1.29 bits per heavy atom. The molecule has 2 rings (SSSR count). The first-order valence-corrected chi connectivity index (χ1v) is 6.49. The highest BCUT2D eigenvalue weighted by Gasteiger charge is 2.23. The van der Waals surface area contributed by atoms with Gasteiger partial charge in [0, 0.05) is 0 Å². The van der Waals surface area contributed by atoms with E-state index in [2.05, 4.69) is 4.98 Å². The molecule has 0 saturated heterocycles. The van der Waals surface area contributed by atoms with Crippen molar-refractivity contribution in [2.45, 2.75) is 31.1 Å². The van der Waals surface area contributed by atoms with Crippen molar-refractivity contribution in [1.82, 2.24) is 4.98 Å². The Hall–Kier alpha value is -1.40. The Kier molecular flexibility index (Phi) is 2.52. The first-order valence-electron chi connectivity index (χ1n) is 5.05.